The average molecular weight is 482 g/mol. The summed E-state index contributed by atoms with van der Waals surface area (Å²) in [4.78, 5) is 32.1. The first kappa shape index (κ1) is 23.4. The molecule has 0 saturated heterocycles. The number of hydrogen-bond acceptors (Lipinski definition) is 6. The van der Waals surface area contributed by atoms with E-state index in [4.69, 9.17) is 25.8 Å². The SMILES string of the molecule is COc1cc([C@H](CC(=O)Nc2ccc(Cl)cn2)N2Cc3ccccc3C2=O)cc(OC)c1OC. The molecular weight excluding hydrogens is 458 g/mol. The van der Waals surface area contributed by atoms with Crippen molar-refractivity contribution in [2.75, 3.05) is 26.6 Å². The quantitative estimate of drug-likeness (QED) is 0.510. The molecule has 1 aliphatic heterocycles. The largest absolute Gasteiger partial charge is 0.493 e. The second kappa shape index (κ2) is 10.0. The third-order valence-corrected chi connectivity index (χ3v) is 5.89. The molecule has 1 N–H and O–H groups in total. The van der Waals surface area contributed by atoms with Gasteiger partial charge < -0.3 is 24.4 Å². The van der Waals surface area contributed by atoms with Crippen molar-refractivity contribution in [3.63, 3.8) is 0 Å². The van der Waals surface area contributed by atoms with Crippen molar-refractivity contribution in [2.24, 2.45) is 0 Å². The lowest BCUT2D eigenvalue weighted by atomic mass is 10.00. The van der Waals surface area contributed by atoms with Crippen molar-refractivity contribution in [2.45, 2.75) is 19.0 Å². The number of carbonyl (C=O) groups is 2. The number of nitrogens with zero attached hydrogens (tertiary/aromatic N) is 2. The Morgan fingerprint density at radius 1 is 1.09 bits per heavy atom. The number of rotatable bonds is 8. The highest BCUT2D eigenvalue weighted by molar-refractivity contribution is 6.30. The van der Waals surface area contributed by atoms with Crippen molar-refractivity contribution in [1.82, 2.24) is 9.88 Å². The number of benzene rings is 2. The van der Waals surface area contributed by atoms with E-state index in [0.29, 0.717) is 45.8 Å². The van der Waals surface area contributed by atoms with E-state index in [2.05, 4.69) is 10.3 Å². The monoisotopic (exact) mass is 481 g/mol. The van der Waals surface area contributed by atoms with Crippen LogP contribution in [-0.2, 0) is 11.3 Å². The number of methoxy groups -OCH3 is 3. The molecule has 34 heavy (non-hydrogen) atoms. The number of pyridine rings is 1. The van der Waals surface area contributed by atoms with E-state index in [1.807, 2.05) is 18.2 Å². The molecule has 0 fully saturated rings. The number of amides is 2. The number of anilines is 1. The Labute approximate surface area is 202 Å². The number of halogens is 1. The Bertz CT molecular complexity index is 1190. The molecule has 9 heteroatoms. The summed E-state index contributed by atoms with van der Waals surface area (Å²) in [6.45, 7) is 0.378. The normalized spacial score (nSPS) is 13.3. The summed E-state index contributed by atoms with van der Waals surface area (Å²) in [7, 11) is 4.56. The molecule has 0 radical (unpaired) electrons. The standard InChI is InChI=1S/C25H24ClN3O5/c1-32-20-10-16(11-21(33-2)24(20)34-3)19(12-23(30)28-22-9-8-17(26)13-27-22)29-14-15-6-4-5-7-18(15)25(29)31/h4-11,13,19H,12,14H2,1-3H3,(H,27,28,30)/t19-/m0/s1. The van der Waals surface area contributed by atoms with Gasteiger partial charge in [0.25, 0.3) is 5.91 Å². The lowest BCUT2D eigenvalue weighted by molar-refractivity contribution is -0.117. The first-order valence-electron chi connectivity index (χ1n) is 10.5. The highest BCUT2D eigenvalue weighted by Gasteiger charge is 2.35. The Morgan fingerprint density at radius 3 is 2.38 bits per heavy atom. The van der Waals surface area contributed by atoms with E-state index in [1.165, 1.54) is 27.5 Å². The van der Waals surface area contributed by atoms with E-state index in [-0.39, 0.29) is 18.2 Å². The van der Waals surface area contributed by atoms with Gasteiger partial charge >= 0.3 is 0 Å². The molecule has 8 nitrogen and oxygen atoms in total. The first-order valence-corrected chi connectivity index (χ1v) is 10.9. The number of ether oxygens (including phenoxy) is 3. The molecular formula is C25H24ClN3O5. The van der Waals surface area contributed by atoms with Crippen LogP contribution in [0, 0.1) is 0 Å². The predicted molar refractivity (Wildman–Crippen MR) is 128 cm³/mol. The minimum Gasteiger partial charge on any atom is -0.493 e. The fourth-order valence-corrected chi connectivity index (χ4v) is 4.16. The number of nitrogens with one attached hydrogen (secondary N) is 1. The van der Waals surface area contributed by atoms with E-state index in [0.717, 1.165) is 5.56 Å². The van der Waals surface area contributed by atoms with Crippen LogP contribution in [0.5, 0.6) is 17.2 Å². The van der Waals surface area contributed by atoms with Crippen LogP contribution in [0.1, 0.15) is 33.9 Å². The number of hydrogen-bond donors (Lipinski definition) is 1. The molecule has 2 amide bonds. The Morgan fingerprint density at radius 2 is 1.79 bits per heavy atom. The van der Waals surface area contributed by atoms with Gasteiger partial charge in [0.05, 0.1) is 38.8 Å². The smallest absolute Gasteiger partial charge is 0.255 e. The van der Waals surface area contributed by atoms with Gasteiger partial charge in [-0.1, -0.05) is 29.8 Å². The zero-order valence-corrected chi connectivity index (χ0v) is 19.8. The molecule has 0 bridgehead atoms. The van der Waals surface area contributed by atoms with Crippen LogP contribution in [0.2, 0.25) is 5.02 Å². The van der Waals surface area contributed by atoms with Gasteiger partial charge in [-0.15, -0.1) is 0 Å². The summed E-state index contributed by atoms with van der Waals surface area (Å²) in [5, 5.41) is 3.24. The highest BCUT2D eigenvalue weighted by Crippen LogP contribution is 2.43. The minimum absolute atomic E-state index is 0.0112. The van der Waals surface area contributed by atoms with Crippen LogP contribution in [-0.4, -0.2) is 43.0 Å². The van der Waals surface area contributed by atoms with Gasteiger partial charge in [0.15, 0.2) is 11.5 Å². The second-order valence-corrected chi connectivity index (χ2v) is 8.12. The number of carbonyl (C=O) groups excluding carboxylic acids is 2. The molecule has 1 aliphatic rings. The summed E-state index contributed by atoms with van der Waals surface area (Å²) in [5.41, 5.74) is 2.21. The third kappa shape index (κ3) is 4.63. The fraction of sp³-hybridized carbons (Fsp3) is 0.240. The molecule has 0 spiro atoms. The fourth-order valence-electron chi connectivity index (χ4n) is 4.05. The van der Waals surface area contributed by atoms with Gasteiger partial charge in [-0.3, -0.25) is 9.59 Å². The lowest BCUT2D eigenvalue weighted by Gasteiger charge is -2.29. The summed E-state index contributed by atoms with van der Waals surface area (Å²) >= 11 is 5.89. The van der Waals surface area contributed by atoms with E-state index in [9.17, 15) is 9.59 Å². The molecule has 1 atom stereocenters. The summed E-state index contributed by atoms with van der Waals surface area (Å²) in [6.07, 6.45) is 1.44. The van der Waals surface area contributed by atoms with E-state index < -0.39 is 6.04 Å². The van der Waals surface area contributed by atoms with Crippen molar-refractivity contribution in [1.29, 1.82) is 0 Å². The summed E-state index contributed by atoms with van der Waals surface area (Å²) in [5.74, 6) is 1.22. The van der Waals surface area contributed by atoms with Crippen LogP contribution in [0.25, 0.3) is 0 Å². The summed E-state index contributed by atoms with van der Waals surface area (Å²) in [6, 6.07) is 13.6. The molecule has 3 aromatic rings. The molecule has 2 heterocycles. The maximum absolute atomic E-state index is 13.3. The first-order chi connectivity index (χ1) is 16.4. The van der Waals surface area contributed by atoms with Crippen LogP contribution in [0.15, 0.2) is 54.7 Å². The van der Waals surface area contributed by atoms with Crippen LogP contribution in [0.3, 0.4) is 0 Å². The van der Waals surface area contributed by atoms with Gasteiger partial charge in [0.1, 0.15) is 5.82 Å². The van der Waals surface area contributed by atoms with E-state index >= 15 is 0 Å². The Balaban J connectivity index is 1.71. The zero-order chi connectivity index (χ0) is 24.2. The number of fused-ring (bicyclic) bond motifs is 1. The third-order valence-electron chi connectivity index (χ3n) is 5.67. The van der Waals surface area contributed by atoms with Gasteiger partial charge in [0, 0.05) is 18.3 Å². The Kier molecular flexibility index (Phi) is 6.88. The van der Waals surface area contributed by atoms with Crippen LogP contribution >= 0.6 is 11.6 Å². The van der Waals surface area contributed by atoms with E-state index in [1.54, 1.807) is 35.2 Å². The van der Waals surface area contributed by atoms with Crippen molar-refractivity contribution >= 4 is 29.2 Å². The van der Waals surface area contributed by atoms with Crippen molar-refractivity contribution in [3.05, 3.63) is 76.4 Å². The zero-order valence-electron chi connectivity index (χ0n) is 19.0. The van der Waals surface area contributed by atoms with Crippen molar-refractivity contribution in [3.8, 4) is 17.2 Å². The molecule has 176 valence electrons. The maximum atomic E-state index is 13.3. The van der Waals surface area contributed by atoms with Gasteiger partial charge in [-0.25, -0.2) is 4.98 Å². The van der Waals surface area contributed by atoms with Gasteiger partial charge in [-0.2, -0.15) is 0 Å². The van der Waals surface area contributed by atoms with Gasteiger partial charge in [0.2, 0.25) is 11.7 Å². The lowest BCUT2D eigenvalue weighted by Crippen LogP contribution is -2.32. The van der Waals surface area contributed by atoms with Crippen molar-refractivity contribution < 1.29 is 23.8 Å². The van der Waals surface area contributed by atoms with Crippen LogP contribution < -0.4 is 19.5 Å². The highest BCUT2D eigenvalue weighted by atomic mass is 35.5. The second-order valence-electron chi connectivity index (χ2n) is 7.68. The predicted octanol–water partition coefficient (Wildman–Crippen LogP) is 4.49. The molecule has 1 aromatic heterocycles. The number of aromatic nitrogens is 1. The average Bonchev–Trinajstić information content (AvgIpc) is 3.19. The van der Waals surface area contributed by atoms with Gasteiger partial charge in [-0.05, 0) is 41.5 Å². The molecule has 2 aromatic carbocycles. The Hall–Kier alpha value is -3.78. The minimum atomic E-state index is -0.596. The molecule has 4 rings (SSSR count). The van der Waals surface area contributed by atoms with Crippen LogP contribution in [0.4, 0.5) is 5.82 Å². The summed E-state index contributed by atoms with van der Waals surface area (Å²) < 4.78 is 16.4. The molecule has 0 aliphatic carbocycles. The molecule has 0 unspecified atom stereocenters. The maximum Gasteiger partial charge on any atom is 0.255 e. The molecule has 0 saturated carbocycles. The topological polar surface area (TPSA) is 90.0 Å².